The number of phenolic OH excluding ortho intramolecular Hbond substituents is 1. The van der Waals surface area contributed by atoms with Crippen molar-refractivity contribution in [2.24, 2.45) is 0 Å². The number of nitrogens with one attached hydrogen (secondary N) is 1. The van der Waals surface area contributed by atoms with Crippen molar-refractivity contribution in [2.45, 2.75) is 25.3 Å². The summed E-state index contributed by atoms with van der Waals surface area (Å²) in [5.41, 5.74) is 2.37. The zero-order valence-electron chi connectivity index (χ0n) is 11.2. The summed E-state index contributed by atoms with van der Waals surface area (Å²) in [6, 6.07) is 7.26. The minimum Gasteiger partial charge on any atom is -0.508 e. The van der Waals surface area contributed by atoms with Gasteiger partial charge in [0.2, 0.25) is 0 Å². The molecule has 0 bridgehead atoms. The molecule has 110 valence electrons. The highest BCUT2D eigenvalue weighted by Gasteiger charge is 2.22. The molecule has 0 aromatic heterocycles. The van der Waals surface area contributed by atoms with E-state index in [4.69, 9.17) is 0 Å². The number of rotatable bonds is 2. The Kier molecular flexibility index (Phi) is 3.85. The minimum atomic E-state index is -0.630. The van der Waals surface area contributed by atoms with Crippen molar-refractivity contribution in [1.82, 2.24) is 0 Å². The summed E-state index contributed by atoms with van der Waals surface area (Å²) in [5, 5.41) is 12.8. The standard InChI is InChI=1S/C16H14BrF2NO/c17-13-6-10(18)7-14(19)16(13)20-15-3-1-2-9-4-5-11(21)8-12(9)15/h4-8,15,20-21H,1-3H2. The Morgan fingerprint density at radius 2 is 2.00 bits per heavy atom. The van der Waals surface area contributed by atoms with Gasteiger partial charge >= 0.3 is 0 Å². The van der Waals surface area contributed by atoms with E-state index < -0.39 is 11.6 Å². The highest BCUT2D eigenvalue weighted by Crippen LogP contribution is 2.37. The van der Waals surface area contributed by atoms with Crippen molar-refractivity contribution in [3.8, 4) is 5.75 Å². The Morgan fingerprint density at radius 1 is 1.19 bits per heavy atom. The molecular weight excluding hydrogens is 340 g/mol. The van der Waals surface area contributed by atoms with Crippen LogP contribution in [-0.4, -0.2) is 5.11 Å². The van der Waals surface area contributed by atoms with Crippen LogP contribution in [0, 0.1) is 11.6 Å². The highest BCUT2D eigenvalue weighted by atomic mass is 79.9. The predicted molar refractivity (Wildman–Crippen MR) is 81.5 cm³/mol. The van der Waals surface area contributed by atoms with Gasteiger partial charge in [0.1, 0.15) is 17.4 Å². The van der Waals surface area contributed by atoms with Crippen LogP contribution < -0.4 is 5.32 Å². The molecule has 5 heteroatoms. The van der Waals surface area contributed by atoms with Gasteiger partial charge in [0.25, 0.3) is 0 Å². The molecule has 1 aliphatic carbocycles. The third-order valence-corrected chi connectivity index (χ3v) is 4.39. The van der Waals surface area contributed by atoms with Crippen molar-refractivity contribution in [2.75, 3.05) is 5.32 Å². The fraction of sp³-hybridized carbons (Fsp3) is 0.250. The van der Waals surface area contributed by atoms with Crippen LogP contribution in [0.15, 0.2) is 34.8 Å². The molecule has 2 nitrogen and oxygen atoms in total. The summed E-state index contributed by atoms with van der Waals surface area (Å²) in [5.74, 6) is -1.05. The van der Waals surface area contributed by atoms with E-state index in [1.165, 1.54) is 6.07 Å². The molecule has 0 fully saturated rings. The van der Waals surface area contributed by atoms with Gasteiger partial charge in [-0.1, -0.05) is 6.07 Å². The van der Waals surface area contributed by atoms with E-state index in [0.29, 0.717) is 4.47 Å². The quantitative estimate of drug-likeness (QED) is 0.802. The molecule has 0 radical (unpaired) electrons. The molecule has 1 unspecified atom stereocenters. The second kappa shape index (κ2) is 5.64. The maximum Gasteiger partial charge on any atom is 0.150 e. The van der Waals surface area contributed by atoms with Crippen LogP contribution >= 0.6 is 15.9 Å². The molecule has 0 heterocycles. The van der Waals surface area contributed by atoms with E-state index in [1.54, 1.807) is 12.1 Å². The fourth-order valence-electron chi connectivity index (χ4n) is 2.79. The van der Waals surface area contributed by atoms with E-state index in [9.17, 15) is 13.9 Å². The smallest absolute Gasteiger partial charge is 0.150 e. The van der Waals surface area contributed by atoms with Crippen molar-refractivity contribution < 1.29 is 13.9 Å². The molecule has 1 atom stereocenters. The average Bonchev–Trinajstić information content (AvgIpc) is 2.43. The Morgan fingerprint density at radius 3 is 2.76 bits per heavy atom. The molecule has 1 aliphatic rings. The monoisotopic (exact) mass is 353 g/mol. The van der Waals surface area contributed by atoms with Crippen LogP contribution in [-0.2, 0) is 6.42 Å². The zero-order valence-corrected chi connectivity index (χ0v) is 12.8. The second-order valence-corrected chi connectivity index (χ2v) is 6.07. The SMILES string of the molecule is Oc1ccc2c(c1)C(Nc1c(F)cc(F)cc1Br)CCC2. The number of aryl methyl sites for hydroxylation is 1. The lowest BCUT2D eigenvalue weighted by molar-refractivity contribution is 0.471. The first-order chi connectivity index (χ1) is 10.0. The predicted octanol–water partition coefficient (Wildman–Crippen LogP) is 4.92. The topological polar surface area (TPSA) is 32.3 Å². The molecule has 3 rings (SSSR count). The number of aromatic hydroxyl groups is 1. The van der Waals surface area contributed by atoms with E-state index in [0.717, 1.165) is 36.5 Å². The van der Waals surface area contributed by atoms with Gasteiger partial charge < -0.3 is 10.4 Å². The van der Waals surface area contributed by atoms with Crippen molar-refractivity contribution >= 4 is 21.6 Å². The maximum atomic E-state index is 13.9. The first-order valence-corrected chi connectivity index (χ1v) is 7.57. The molecule has 0 amide bonds. The van der Waals surface area contributed by atoms with Gasteiger partial charge in [-0.25, -0.2) is 8.78 Å². The third kappa shape index (κ3) is 2.88. The number of fused-ring (bicyclic) bond motifs is 1. The Labute approximate surface area is 129 Å². The molecule has 0 spiro atoms. The molecule has 2 N–H and O–H groups in total. The van der Waals surface area contributed by atoms with Crippen molar-refractivity contribution in [3.63, 3.8) is 0 Å². The van der Waals surface area contributed by atoms with Crippen LogP contribution in [0.2, 0.25) is 0 Å². The fourth-order valence-corrected chi connectivity index (χ4v) is 3.31. The third-order valence-electron chi connectivity index (χ3n) is 3.77. The summed E-state index contributed by atoms with van der Waals surface area (Å²) in [4.78, 5) is 0. The molecule has 0 aliphatic heterocycles. The summed E-state index contributed by atoms with van der Waals surface area (Å²) >= 11 is 3.19. The molecule has 0 saturated heterocycles. The van der Waals surface area contributed by atoms with Crippen LogP contribution in [0.3, 0.4) is 0 Å². The number of hydrogen-bond acceptors (Lipinski definition) is 2. The minimum absolute atomic E-state index is 0.0999. The van der Waals surface area contributed by atoms with Gasteiger partial charge in [0, 0.05) is 10.5 Å². The number of hydrogen-bond donors (Lipinski definition) is 2. The summed E-state index contributed by atoms with van der Waals surface area (Å²) in [6.07, 6.45) is 2.76. The summed E-state index contributed by atoms with van der Waals surface area (Å²) in [6.45, 7) is 0. The van der Waals surface area contributed by atoms with Gasteiger partial charge in [0.15, 0.2) is 0 Å². The maximum absolute atomic E-state index is 13.9. The Hall–Kier alpha value is -1.62. The van der Waals surface area contributed by atoms with E-state index >= 15 is 0 Å². The number of anilines is 1. The van der Waals surface area contributed by atoms with Crippen LogP contribution in [0.5, 0.6) is 5.75 Å². The molecule has 2 aromatic rings. The molecular formula is C16H14BrF2NO. The van der Waals surface area contributed by atoms with E-state index in [-0.39, 0.29) is 17.5 Å². The van der Waals surface area contributed by atoms with Crippen molar-refractivity contribution in [1.29, 1.82) is 0 Å². The van der Waals surface area contributed by atoms with Gasteiger partial charge in [-0.15, -0.1) is 0 Å². The average molecular weight is 354 g/mol. The summed E-state index contributed by atoms with van der Waals surface area (Å²) in [7, 11) is 0. The lowest BCUT2D eigenvalue weighted by Crippen LogP contribution is -2.18. The van der Waals surface area contributed by atoms with Crippen LogP contribution in [0.1, 0.15) is 30.0 Å². The Balaban J connectivity index is 1.96. The lowest BCUT2D eigenvalue weighted by atomic mass is 9.87. The van der Waals surface area contributed by atoms with Crippen LogP contribution in [0.4, 0.5) is 14.5 Å². The van der Waals surface area contributed by atoms with Gasteiger partial charge in [-0.05, 0) is 64.5 Å². The van der Waals surface area contributed by atoms with Gasteiger partial charge in [0.05, 0.1) is 11.7 Å². The largest absolute Gasteiger partial charge is 0.508 e. The first kappa shape index (κ1) is 14.3. The van der Waals surface area contributed by atoms with Crippen molar-refractivity contribution in [3.05, 3.63) is 57.6 Å². The lowest BCUT2D eigenvalue weighted by Gasteiger charge is -2.28. The second-order valence-electron chi connectivity index (χ2n) is 5.22. The normalized spacial score (nSPS) is 17.4. The van der Waals surface area contributed by atoms with Gasteiger partial charge in [-0.3, -0.25) is 0 Å². The van der Waals surface area contributed by atoms with E-state index in [2.05, 4.69) is 21.2 Å². The molecule has 21 heavy (non-hydrogen) atoms. The zero-order chi connectivity index (χ0) is 15.0. The van der Waals surface area contributed by atoms with E-state index in [1.807, 2.05) is 6.07 Å². The highest BCUT2D eigenvalue weighted by molar-refractivity contribution is 9.10. The number of halogens is 3. The Bertz CT molecular complexity index is 667. The van der Waals surface area contributed by atoms with Crippen LogP contribution in [0.25, 0.3) is 0 Å². The number of phenols is 1. The van der Waals surface area contributed by atoms with Gasteiger partial charge in [-0.2, -0.15) is 0 Å². The molecule has 0 saturated carbocycles. The first-order valence-electron chi connectivity index (χ1n) is 6.77. The summed E-state index contributed by atoms with van der Waals surface area (Å²) < 4.78 is 27.4. The molecule has 2 aromatic carbocycles. The number of benzene rings is 2.